The number of benzene rings is 2. The van der Waals surface area contributed by atoms with E-state index in [0.717, 1.165) is 5.56 Å². The summed E-state index contributed by atoms with van der Waals surface area (Å²) in [6.45, 7) is 7.23. The minimum atomic E-state index is -0.586. The average Bonchev–Trinajstić information content (AvgIpc) is 2.79. The van der Waals surface area contributed by atoms with E-state index < -0.39 is 17.5 Å². The second-order valence-electron chi connectivity index (χ2n) is 8.57. The maximum absolute atomic E-state index is 13.0. The molecule has 0 aliphatic heterocycles. The van der Waals surface area contributed by atoms with Gasteiger partial charge in [-0.25, -0.2) is 9.78 Å². The van der Waals surface area contributed by atoms with Crippen molar-refractivity contribution >= 4 is 23.5 Å². The predicted molar refractivity (Wildman–Crippen MR) is 128 cm³/mol. The van der Waals surface area contributed by atoms with Gasteiger partial charge in [-0.1, -0.05) is 29.8 Å². The number of amides is 1. The number of esters is 1. The van der Waals surface area contributed by atoms with E-state index in [2.05, 4.69) is 10.3 Å². The largest absolute Gasteiger partial charge is 0.456 e. The molecule has 0 saturated heterocycles. The Balaban J connectivity index is 1.75. The number of rotatable bonds is 6. The first-order valence-electron chi connectivity index (χ1n) is 10.5. The summed E-state index contributed by atoms with van der Waals surface area (Å²) in [6, 6.07) is 16.5. The third-order valence-corrected chi connectivity index (χ3v) is 4.84. The van der Waals surface area contributed by atoms with Crippen LogP contribution in [-0.2, 0) is 4.74 Å². The summed E-state index contributed by atoms with van der Waals surface area (Å²) in [5.74, 6) is -0.425. The molecule has 1 atom stereocenters. The molecule has 174 valence electrons. The van der Waals surface area contributed by atoms with Crippen molar-refractivity contribution in [1.29, 1.82) is 5.26 Å². The number of aromatic nitrogens is 1. The number of hydrogen-bond donors (Lipinski definition) is 1. The van der Waals surface area contributed by atoms with Crippen LogP contribution in [0.5, 0.6) is 11.6 Å². The number of carbonyl (C=O) groups is 2. The van der Waals surface area contributed by atoms with Crippen LogP contribution in [0, 0.1) is 11.3 Å². The molecule has 0 spiro atoms. The summed E-state index contributed by atoms with van der Waals surface area (Å²) in [7, 11) is 0. The van der Waals surface area contributed by atoms with Gasteiger partial charge in [-0.15, -0.1) is 0 Å². The van der Waals surface area contributed by atoms with Gasteiger partial charge in [-0.05, 0) is 69.7 Å². The van der Waals surface area contributed by atoms with Crippen molar-refractivity contribution in [2.24, 2.45) is 0 Å². The van der Waals surface area contributed by atoms with Crippen LogP contribution >= 0.6 is 11.6 Å². The first-order chi connectivity index (χ1) is 16.1. The van der Waals surface area contributed by atoms with E-state index in [1.54, 1.807) is 69.3 Å². The molecule has 1 N–H and O–H groups in total. The Labute approximate surface area is 203 Å². The third kappa shape index (κ3) is 6.56. The summed E-state index contributed by atoms with van der Waals surface area (Å²) in [5, 5.41) is 12.2. The molecule has 0 aliphatic carbocycles. The highest BCUT2D eigenvalue weighted by atomic mass is 35.5. The number of pyridine rings is 1. The van der Waals surface area contributed by atoms with E-state index in [1.807, 2.05) is 13.0 Å². The van der Waals surface area contributed by atoms with Crippen LogP contribution in [0.3, 0.4) is 0 Å². The van der Waals surface area contributed by atoms with E-state index in [9.17, 15) is 9.59 Å². The fourth-order valence-electron chi connectivity index (χ4n) is 3.01. The van der Waals surface area contributed by atoms with Crippen molar-refractivity contribution in [2.45, 2.75) is 39.3 Å². The van der Waals surface area contributed by atoms with Crippen LogP contribution in [-0.4, -0.2) is 22.5 Å². The molecular formula is C26H24ClN3O4. The quantitative estimate of drug-likeness (QED) is 0.447. The highest BCUT2D eigenvalue weighted by Gasteiger charge is 2.20. The van der Waals surface area contributed by atoms with Crippen molar-refractivity contribution in [3.8, 4) is 17.7 Å². The van der Waals surface area contributed by atoms with Gasteiger partial charge in [0.2, 0.25) is 5.88 Å². The molecule has 8 heteroatoms. The van der Waals surface area contributed by atoms with Gasteiger partial charge in [0.25, 0.3) is 5.91 Å². The van der Waals surface area contributed by atoms with Gasteiger partial charge in [-0.2, -0.15) is 5.26 Å². The fourth-order valence-corrected chi connectivity index (χ4v) is 3.17. The molecule has 1 aromatic heterocycles. The molecule has 34 heavy (non-hydrogen) atoms. The highest BCUT2D eigenvalue weighted by molar-refractivity contribution is 6.30. The van der Waals surface area contributed by atoms with Crippen LogP contribution in [0.4, 0.5) is 0 Å². The lowest BCUT2D eigenvalue weighted by atomic mass is 10.1. The Morgan fingerprint density at radius 2 is 1.82 bits per heavy atom. The minimum absolute atomic E-state index is 0.0597. The third-order valence-electron chi connectivity index (χ3n) is 4.63. The zero-order valence-corrected chi connectivity index (χ0v) is 20.0. The topological polar surface area (TPSA) is 101 Å². The predicted octanol–water partition coefficient (Wildman–Crippen LogP) is 5.85. The number of ether oxygens (including phenoxy) is 2. The maximum atomic E-state index is 13.0. The average molecular weight is 478 g/mol. The molecule has 0 bridgehead atoms. The first-order valence-corrected chi connectivity index (χ1v) is 10.9. The lowest BCUT2D eigenvalue weighted by molar-refractivity contribution is 0.00693. The molecule has 0 saturated carbocycles. The summed E-state index contributed by atoms with van der Waals surface area (Å²) in [4.78, 5) is 29.4. The van der Waals surface area contributed by atoms with E-state index in [0.29, 0.717) is 16.9 Å². The van der Waals surface area contributed by atoms with Gasteiger partial charge >= 0.3 is 5.97 Å². The SMILES string of the molecule is C[C@H](NC(=O)c1cc(Cl)cnc1Oc1cccc(C#N)c1)c1ccc(C(=O)OC(C)(C)C)cc1. The summed E-state index contributed by atoms with van der Waals surface area (Å²) in [5.41, 5.74) is 1.19. The van der Waals surface area contributed by atoms with Gasteiger partial charge in [0, 0.05) is 6.20 Å². The van der Waals surface area contributed by atoms with Crippen LogP contribution in [0.25, 0.3) is 0 Å². The standard InChI is InChI=1S/C26H24ClN3O4/c1-16(18-8-10-19(11-9-18)25(32)34-26(2,3)4)30-23(31)22-13-20(27)15-29-24(22)33-21-7-5-6-17(12-21)14-28/h5-13,15-16H,1-4H3,(H,30,31)/t16-/m0/s1. The molecule has 0 fully saturated rings. The lowest BCUT2D eigenvalue weighted by Gasteiger charge is -2.20. The summed E-state index contributed by atoms with van der Waals surface area (Å²) >= 11 is 6.07. The van der Waals surface area contributed by atoms with Gasteiger partial charge in [0.1, 0.15) is 16.9 Å². The zero-order valence-electron chi connectivity index (χ0n) is 19.3. The summed E-state index contributed by atoms with van der Waals surface area (Å²) in [6.07, 6.45) is 1.38. The normalized spacial score (nSPS) is 11.8. The van der Waals surface area contributed by atoms with Crippen molar-refractivity contribution in [3.05, 3.63) is 88.1 Å². The smallest absolute Gasteiger partial charge is 0.338 e. The number of hydrogen-bond acceptors (Lipinski definition) is 6. The lowest BCUT2D eigenvalue weighted by Crippen LogP contribution is -2.27. The Morgan fingerprint density at radius 1 is 1.12 bits per heavy atom. The molecule has 1 amide bonds. The molecule has 2 aromatic carbocycles. The Bertz CT molecular complexity index is 1240. The number of carbonyl (C=O) groups excluding carboxylic acids is 2. The molecule has 0 radical (unpaired) electrons. The van der Waals surface area contributed by atoms with Gasteiger partial charge in [0.15, 0.2) is 0 Å². The van der Waals surface area contributed by atoms with Crippen LogP contribution < -0.4 is 10.1 Å². The Kier molecular flexibility index (Phi) is 7.54. The minimum Gasteiger partial charge on any atom is -0.456 e. The molecule has 0 unspecified atom stereocenters. The van der Waals surface area contributed by atoms with Crippen LogP contribution in [0.2, 0.25) is 5.02 Å². The number of halogens is 1. The van der Waals surface area contributed by atoms with Crippen molar-refractivity contribution in [3.63, 3.8) is 0 Å². The highest BCUT2D eigenvalue weighted by Crippen LogP contribution is 2.27. The number of nitrogens with one attached hydrogen (secondary N) is 1. The second kappa shape index (κ2) is 10.4. The number of nitrogens with zero attached hydrogens (tertiary/aromatic N) is 2. The number of nitriles is 1. The maximum Gasteiger partial charge on any atom is 0.338 e. The Morgan fingerprint density at radius 3 is 2.47 bits per heavy atom. The molecule has 3 rings (SSSR count). The zero-order chi connectivity index (χ0) is 24.9. The van der Waals surface area contributed by atoms with Gasteiger partial charge in [-0.3, -0.25) is 4.79 Å². The Hall–Kier alpha value is -3.89. The van der Waals surface area contributed by atoms with Gasteiger partial charge < -0.3 is 14.8 Å². The molecule has 1 heterocycles. The monoisotopic (exact) mass is 477 g/mol. The fraction of sp³-hybridized carbons (Fsp3) is 0.231. The van der Waals surface area contributed by atoms with E-state index in [4.69, 9.17) is 26.3 Å². The molecule has 7 nitrogen and oxygen atoms in total. The molecular weight excluding hydrogens is 454 g/mol. The second-order valence-corrected chi connectivity index (χ2v) is 9.00. The molecule has 0 aliphatic rings. The molecule has 3 aromatic rings. The van der Waals surface area contributed by atoms with Crippen molar-refractivity contribution < 1.29 is 19.1 Å². The van der Waals surface area contributed by atoms with Crippen molar-refractivity contribution in [1.82, 2.24) is 10.3 Å². The summed E-state index contributed by atoms with van der Waals surface area (Å²) < 4.78 is 11.1. The first kappa shape index (κ1) is 24.7. The van der Waals surface area contributed by atoms with Crippen LogP contribution in [0.15, 0.2) is 60.8 Å². The van der Waals surface area contributed by atoms with Crippen LogP contribution in [0.1, 0.15) is 65.6 Å². The van der Waals surface area contributed by atoms with Crippen molar-refractivity contribution in [2.75, 3.05) is 0 Å². The van der Waals surface area contributed by atoms with E-state index in [1.165, 1.54) is 12.3 Å². The van der Waals surface area contributed by atoms with E-state index in [-0.39, 0.29) is 22.5 Å². The van der Waals surface area contributed by atoms with Gasteiger partial charge in [0.05, 0.1) is 28.3 Å². The van der Waals surface area contributed by atoms with E-state index >= 15 is 0 Å².